The minimum Gasteiger partial charge on any atom is -0.389 e. The van der Waals surface area contributed by atoms with Gasteiger partial charge in [0.1, 0.15) is 11.9 Å². The van der Waals surface area contributed by atoms with Crippen LogP contribution in [-0.2, 0) is 12.7 Å². The van der Waals surface area contributed by atoms with E-state index in [2.05, 4.69) is 20.6 Å². The van der Waals surface area contributed by atoms with E-state index in [4.69, 9.17) is 0 Å². The summed E-state index contributed by atoms with van der Waals surface area (Å²) in [4.78, 5) is 9.44. The summed E-state index contributed by atoms with van der Waals surface area (Å²) >= 11 is 0. The Hall–Kier alpha value is -2.50. The van der Waals surface area contributed by atoms with Crippen LogP contribution in [0.2, 0.25) is 0 Å². The lowest BCUT2D eigenvalue weighted by Crippen LogP contribution is -2.57. The molecule has 0 spiro atoms. The van der Waals surface area contributed by atoms with E-state index in [1.807, 2.05) is 0 Å². The fourth-order valence-electron chi connectivity index (χ4n) is 3.40. The molecule has 2 unspecified atom stereocenters. The summed E-state index contributed by atoms with van der Waals surface area (Å²) in [5, 5.41) is 26.3. The molecule has 31 heavy (non-hydrogen) atoms. The number of hydrogen-bond donors (Lipinski definition) is 4. The second-order valence-electron chi connectivity index (χ2n) is 7.50. The smallest absolute Gasteiger partial charge is 0.389 e. The van der Waals surface area contributed by atoms with Crippen LogP contribution in [0.25, 0.3) is 0 Å². The molecule has 0 amide bonds. The van der Waals surface area contributed by atoms with Crippen molar-refractivity contribution in [1.82, 2.24) is 15.3 Å². The van der Waals surface area contributed by atoms with Gasteiger partial charge in [0.2, 0.25) is 5.82 Å². The maximum atomic E-state index is 15.1. The quantitative estimate of drug-likeness (QED) is 0.488. The van der Waals surface area contributed by atoms with Gasteiger partial charge in [-0.2, -0.15) is 17.6 Å². The Labute approximate surface area is 177 Å². The van der Waals surface area contributed by atoms with Crippen molar-refractivity contribution in [2.45, 2.75) is 37.8 Å². The molecule has 1 aliphatic rings. The second kappa shape index (κ2) is 9.33. The number of halogens is 4. The van der Waals surface area contributed by atoms with Gasteiger partial charge in [0.15, 0.2) is 11.6 Å². The van der Waals surface area contributed by atoms with Gasteiger partial charge < -0.3 is 25.7 Å². The van der Waals surface area contributed by atoms with Crippen LogP contribution in [0.4, 0.5) is 29.2 Å². The van der Waals surface area contributed by atoms with Crippen LogP contribution in [0, 0.1) is 5.82 Å². The van der Waals surface area contributed by atoms with Crippen LogP contribution in [0.5, 0.6) is 0 Å². The molecule has 170 valence electrons. The Morgan fingerprint density at radius 3 is 2.58 bits per heavy atom. The Bertz CT molecular complexity index is 881. The van der Waals surface area contributed by atoms with E-state index in [1.165, 1.54) is 18.5 Å². The number of β-amino-alcohol motifs (C(OH)–C–C–N with tert-alkyl or cyclic N) is 1. The number of piperidine rings is 1. The van der Waals surface area contributed by atoms with Crippen molar-refractivity contribution >= 4 is 11.6 Å². The van der Waals surface area contributed by atoms with Gasteiger partial charge in [0, 0.05) is 26.2 Å². The molecule has 11 heteroatoms. The molecule has 0 saturated carbocycles. The molecule has 7 nitrogen and oxygen atoms in total. The number of alkyl halides is 3. The topological polar surface area (TPSA) is 93.5 Å². The molecule has 3 rings (SSSR count). The summed E-state index contributed by atoms with van der Waals surface area (Å²) in [6.07, 6.45) is -3.98. The van der Waals surface area contributed by atoms with Crippen molar-refractivity contribution in [2.24, 2.45) is 0 Å². The van der Waals surface area contributed by atoms with Crippen molar-refractivity contribution in [1.29, 1.82) is 0 Å². The van der Waals surface area contributed by atoms with Crippen LogP contribution in [-0.4, -0.2) is 58.1 Å². The van der Waals surface area contributed by atoms with Gasteiger partial charge in [-0.15, -0.1) is 0 Å². The molecular weight excluding hydrogens is 418 g/mol. The molecule has 2 heterocycles. The minimum absolute atomic E-state index is 0.0160. The first-order valence-electron chi connectivity index (χ1n) is 9.90. The standard InChI is InChI=1S/C20H25F4N5O2/c1-2-29(10-13-3-5-14(6-4-13)20(22,23)24)18-16(21)17(27-12-28-18)26-11-19(31)7-8-25-9-15(19)30/h3-6,12,15,25,30-31H,2,7-11H2,1H3,(H,26,27,28). The number of aliphatic hydroxyl groups is 2. The molecule has 1 aliphatic heterocycles. The molecule has 2 aromatic rings. The highest BCUT2D eigenvalue weighted by atomic mass is 19.4. The second-order valence-corrected chi connectivity index (χ2v) is 7.50. The highest BCUT2D eigenvalue weighted by molar-refractivity contribution is 5.51. The first-order valence-corrected chi connectivity index (χ1v) is 9.90. The minimum atomic E-state index is -4.42. The van der Waals surface area contributed by atoms with Crippen molar-refractivity contribution < 1.29 is 27.8 Å². The number of anilines is 2. The molecule has 0 aliphatic carbocycles. The third-order valence-electron chi connectivity index (χ3n) is 5.36. The normalized spacial score (nSPS) is 21.7. The Balaban J connectivity index is 1.74. The van der Waals surface area contributed by atoms with E-state index < -0.39 is 29.3 Å². The van der Waals surface area contributed by atoms with E-state index in [0.717, 1.165) is 12.1 Å². The van der Waals surface area contributed by atoms with Gasteiger partial charge >= 0.3 is 6.18 Å². The van der Waals surface area contributed by atoms with Gasteiger partial charge in [0.25, 0.3) is 0 Å². The van der Waals surface area contributed by atoms with Gasteiger partial charge in [-0.3, -0.25) is 0 Å². The Morgan fingerprint density at radius 1 is 1.26 bits per heavy atom. The summed E-state index contributed by atoms with van der Waals surface area (Å²) in [7, 11) is 0. The molecular formula is C20H25F4N5O2. The van der Waals surface area contributed by atoms with Crippen molar-refractivity contribution in [3.05, 3.63) is 47.5 Å². The third kappa shape index (κ3) is 5.41. The molecule has 0 radical (unpaired) electrons. The number of aromatic nitrogens is 2. The molecule has 0 bridgehead atoms. The monoisotopic (exact) mass is 443 g/mol. The predicted molar refractivity (Wildman–Crippen MR) is 107 cm³/mol. The predicted octanol–water partition coefficient (Wildman–Crippen LogP) is 2.16. The summed E-state index contributed by atoms with van der Waals surface area (Å²) in [6.45, 7) is 2.91. The highest BCUT2D eigenvalue weighted by Crippen LogP contribution is 2.30. The number of hydrogen-bond acceptors (Lipinski definition) is 7. The average molecular weight is 443 g/mol. The maximum absolute atomic E-state index is 15.1. The van der Waals surface area contributed by atoms with Crippen LogP contribution in [0.1, 0.15) is 24.5 Å². The molecule has 1 aromatic heterocycles. The lowest BCUT2D eigenvalue weighted by molar-refractivity contribution is -0.137. The van der Waals surface area contributed by atoms with E-state index in [9.17, 15) is 23.4 Å². The lowest BCUT2D eigenvalue weighted by Gasteiger charge is -2.37. The lowest BCUT2D eigenvalue weighted by atomic mass is 9.89. The maximum Gasteiger partial charge on any atom is 0.416 e. The van der Waals surface area contributed by atoms with E-state index in [0.29, 0.717) is 18.7 Å². The number of nitrogens with one attached hydrogen (secondary N) is 2. The van der Waals surface area contributed by atoms with E-state index >= 15 is 4.39 Å². The number of nitrogens with zero attached hydrogens (tertiary/aromatic N) is 3. The van der Waals surface area contributed by atoms with Crippen molar-refractivity contribution in [2.75, 3.05) is 36.4 Å². The molecule has 1 aromatic carbocycles. The molecule has 2 atom stereocenters. The van der Waals surface area contributed by atoms with Crippen molar-refractivity contribution in [3.8, 4) is 0 Å². The zero-order valence-electron chi connectivity index (χ0n) is 17.0. The summed E-state index contributed by atoms with van der Waals surface area (Å²) in [5.74, 6) is -0.893. The summed E-state index contributed by atoms with van der Waals surface area (Å²) < 4.78 is 53.3. The molecule has 1 fully saturated rings. The highest BCUT2D eigenvalue weighted by Gasteiger charge is 2.38. The van der Waals surface area contributed by atoms with E-state index in [1.54, 1.807) is 11.8 Å². The largest absolute Gasteiger partial charge is 0.416 e. The van der Waals surface area contributed by atoms with Gasteiger partial charge in [-0.25, -0.2) is 9.97 Å². The summed E-state index contributed by atoms with van der Waals surface area (Å²) in [5.41, 5.74) is -1.61. The van der Waals surface area contributed by atoms with Crippen LogP contribution in [0.3, 0.4) is 0 Å². The van der Waals surface area contributed by atoms with Crippen LogP contribution >= 0.6 is 0 Å². The first kappa shape index (κ1) is 23.2. The fourth-order valence-corrected chi connectivity index (χ4v) is 3.40. The first-order chi connectivity index (χ1) is 14.6. The Morgan fingerprint density at radius 2 is 1.97 bits per heavy atom. The van der Waals surface area contributed by atoms with Crippen molar-refractivity contribution in [3.63, 3.8) is 0 Å². The Kier molecular flexibility index (Phi) is 6.97. The zero-order valence-corrected chi connectivity index (χ0v) is 17.0. The molecule has 4 N–H and O–H groups in total. The number of aliphatic hydroxyl groups excluding tert-OH is 1. The van der Waals surface area contributed by atoms with Crippen LogP contribution in [0.15, 0.2) is 30.6 Å². The SMILES string of the molecule is CCN(Cc1ccc(C(F)(F)F)cc1)c1ncnc(NCC2(O)CCNCC2O)c1F. The average Bonchev–Trinajstić information content (AvgIpc) is 2.73. The van der Waals surface area contributed by atoms with Gasteiger partial charge in [0.05, 0.1) is 11.7 Å². The number of benzene rings is 1. The zero-order chi connectivity index (χ0) is 22.6. The van der Waals surface area contributed by atoms with Gasteiger partial charge in [-0.05, 0) is 37.6 Å². The van der Waals surface area contributed by atoms with Crippen LogP contribution < -0.4 is 15.5 Å². The van der Waals surface area contributed by atoms with Gasteiger partial charge in [-0.1, -0.05) is 12.1 Å². The summed E-state index contributed by atoms with van der Waals surface area (Å²) in [6, 6.07) is 4.66. The molecule has 1 saturated heterocycles. The van der Waals surface area contributed by atoms with E-state index in [-0.39, 0.29) is 37.7 Å². The fraction of sp³-hybridized carbons (Fsp3) is 0.500. The third-order valence-corrected chi connectivity index (χ3v) is 5.36. The number of rotatable bonds is 7.